The number of benzene rings is 1. The fourth-order valence-corrected chi connectivity index (χ4v) is 2.31. The molecule has 25 heavy (non-hydrogen) atoms. The first-order chi connectivity index (χ1) is 11.6. The molecule has 0 aliphatic rings. The summed E-state index contributed by atoms with van der Waals surface area (Å²) in [5, 5.41) is 12.0. The van der Waals surface area contributed by atoms with E-state index in [0.29, 0.717) is 11.3 Å². The first-order valence-electron chi connectivity index (χ1n) is 7.98. The van der Waals surface area contributed by atoms with Crippen LogP contribution in [0.3, 0.4) is 0 Å². The highest BCUT2D eigenvalue weighted by Crippen LogP contribution is 2.31. The Kier molecular flexibility index (Phi) is 4.80. The molecule has 1 atom stereocenters. The smallest absolute Gasteiger partial charge is 0.254 e. The monoisotopic (exact) mass is 339 g/mol. The van der Waals surface area contributed by atoms with Crippen LogP contribution in [-0.4, -0.2) is 11.9 Å². The van der Waals surface area contributed by atoms with E-state index in [9.17, 15) is 14.4 Å². The summed E-state index contributed by atoms with van der Waals surface area (Å²) in [6.07, 6.45) is 0. The van der Waals surface area contributed by atoms with E-state index in [2.05, 4.69) is 5.32 Å². The highest BCUT2D eigenvalue weighted by molar-refractivity contribution is 6.03. The molecular formula is C19H21N3O3. The van der Waals surface area contributed by atoms with Crippen LogP contribution < -0.4 is 21.1 Å². The Bertz CT molecular complexity index is 907. The van der Waals surface area contributed by atoms with E-state index in [4.69, 9.17) is 5.26 Å². The van der Waals surface area contributed by atoms with Gasteiger partial charge in [-0.05, 0) is 36.6 Å². The molecule has 2 aromatic carbocycles. The zero-order valence-electron chi connectivity index (χ0n) is 15.0. The third kappa shape index (κ3) is 3.45. The molecule has 0 aliphatic carbocycles. The summed E-state index contributed by atoms with van der Waals surface area (Å²) >= 11 is 0. The Hall–Kier alpha value is -2.94. The molecule has 0 heterocycles. The van der Waals surface area contributed by atoms with Gasteiger partial charge in [-0.3, -0.25) is 19.3 Å². The molecule has 6 nitrogen and oxygen atoms in total. The average molecular weight is 339 g/mol. The van der Waals surface area contributed by atoms with Crippen LogP contribution in [0.5, 0.6) is 0 Å². The minimum Gasteiger partial charge on any atom is -0.377 e. The summed E-state index contributed by atoms with van der Waals surface area (Å²) in [6, 6.07) is 8.19. The quantitative estimate of drug-likeness (QED) is 0.865. The Morgan fingerprint density at radius 3 is 2.16 bits per heavy atom. The maximum absolute atomic E-state index is 12.2. The van der Waals surface area contributed by atoms with Gasteiger partial charge in [-0.1, -0.05) is 20.8 Å². The van der Waals surface area contributed by atoms with Crippen molar-refractivity contribution in [2.24, 2.45) is 5.41 Å². The number of nitrogens with one attached hydrogen (secondary N) is 1. The second-order valence-corrected chi connectivity index (χ2v) is 7.13. The van der Waals surface area contributed by atoms with Gasteiger partial charge in [0.05, 0.1) is 11.6 Å². The molecule has 0 aliphatic heterocycles. The van der Waals surface area contributed by atoms with Crippen LogP contribution in [-0.2, 0) is 4.79 Å². The standard InChI is InChI=1S/C19H21N3O3/c1-11(19(3,4)5)21-15-16(18(25)17(15)24)22(12(2)23)14-8-6-13(10-20)7-9-14/h6-9,11,21H,1-5H3. The normalized spacial score (nSPS) is 12.5. The molecule has 0 radical (unpaired) electrons. The minimum atomic E-state index is -0.692. The lowest BCUT2D eigenvalue weighted by molar-refractivity contribution is -0.115. The number of amides is 1. The summed E-state index contributed by atoms with van der Waals surface area (Å²) in [5.41, 5.74) is -0.353. The van der Waals surface area contributed by atoms with Gasteiger partial charge in [0.25, 0.3) is 10.9 Å². The van der Waals surface area contributed by atoms with E-state index >= 15 is 0 Å². The van der Waals surface area contributed by atoms with E-state index in [1.165, 1.54) is 11.8 Å². The molecule has 130 valence electrons. The van der Waals surface area contributed by atoms with Crippen LogP contribution in [0.25, 0.3) is 0 Å². The van der Waals surface area contributed by atoms with E-state index in [1.54, 1.807) is 24.3 Å². The van der Waals surface area contributed by atoms with Gasteiger partial charge >= 0.3 is 0 Å². The summed E-state index contributed by atoms with van der Waals surface area (Å²) in [5.74, 6) is -0.386. The van der Waals surface area contributed by atoms with Crippen molar-refractivity contribution in [3.8, 4) is 6.07 Å². The van der Waals surface area contributed by atoms with Gasteiger partial charge < -0.3 is 5.32 Å². The number of hydrogen-bond donors (Lipinski definition) is 1. The molecule has 2 rings (SSSR count). The SMILES string of the molecule is CC(=O)N(c1ccc(C#N)cc1)c1c(NC(C)C(C)(C)C)c(=O)c1=O. The molecule has 1 N–H and O–H groups in total. The number of carbonyl (C=O) groups excluding carboxylic acids is 1. The second kappa shape index (κ2) is 6.52. The predicted molar refractivity (Wildman–Crippen MR) is 97.9 cm³/mol. The van der Waals surface area contributed by atoms with Crippen LogP contribution in [0.15, 0.2) is 33.9 Å². The predicted octanol–water partition coefficient (Wildman–Crippen LogP) is 2.69. The van der Waals surface area contributed by atoms with Gasteiger partial charge in [0.2, 0.25) is 5.91 Å². The fraction of sp³-hybridized carbons (Fsp3) is 0.368. The van der Waals surface area contributed by atoms with Gasteiger partial charge in [-0.25, -0.2) is 0 Å². The summed E-state index contributed by atoms with van der Waals surface area (Å²) in [4.78, 5) is 37.6. The topological polar surface area (TPSA) is 90.3 Å². The van der Waals surface area contributed by atoms with Gasteiger partial charge in [0.1, 0.15) is 11.4 Å². The molecule has 0 aromatic heterocycles. The lowest BCUT2D eigenvalue weighted by Crippen LogP contribution is -2.45. The van der Waals surface area contributed by atoms with E-state index in [1.807, 2.05) is 33.8 Å². The minimum absolute atomic E-state index is 0.0540. The second-order valence-electron chi connectivity index (χ2n) is 7.13. The van der Waals surface area contributed by atoms with E-state index in [0.717, 1.165) is 0 Å². The van der Waals surface area contributed by atoms with E-state index in [-0.39, 0.29) is 28.7 Å². The zero-order valence-corrected chi connectivity index (χ0v) is 15.0. The molecule has 6 heteroatoms. The van der Waals surface area contributed by atoms with Crippen LogP contribution in [0.1, 0.15) is 40.2 Å². The van der Waals surface area contributed by atoms with Crippen molar-refractivity contribution < 1.29 is 4.79 Å². The van der Waals surface area contributed by atoms with Crippen molar-refractivity contribution in [2.75, 3.05) is 10.2 Å². The zero-order chi connectivity index (χ0) is 18.9. The third-order valence-corrected chi connectivity index (χ3v) is 4.34. The maximum atomic E-state index is 12.2. The van der Waals surface area contributed by atoms with Crippen LogP contribution in [0.4, 0.5) is 17.1 Å². The maximum Gasteiger partial charge on any atom is 0.254 e. The largest absolute Gasteiger partial charge is 0.377 e. The number of rotatable bonds is 4. The van der Waals surface area contributed by atoms with Gasteiger partial charge in [0, 0.05) is 18.7 Å². The summed E-state index contributed by atoms with van der Waals surface area (Å²) in [7, 11) is 0. The van der Waals surface area contributed by atoms with Crippen molar-refractivity contribution in [2.45, 2.75) is 40.7 Å². The molecule has 1 amide bonds. The molecular weight excluding hydrogens is 318 g/mol. The van der Waals surface area contributed by atoms with Crippen LogP contribution in [0, 0.1) is 16.7 Å². The van der Waals surface area contributed by atoms with Crippen LogP contribution >= 0.6 is 0 Å². The number of nitrogens with zero attached hydrogens (tertiary/aromatic N) is 2. The first-order valence-corrected chi connectivity index (χ1v) is 7.98. The number of hydrogen-bond acceptors (Lipinski definition) is 5. The lowest BCUT2D eigenvalue weighted by atomic mass is 9.87. The van der Waals surface area contributed by atoms with Crippen molar-refractivity contribution in [3.63, 3.8) is 0 Å². The fourth-order valence-electron chi connectivity index (χ4n) is 2.31. The number of anilines is 3. The summed E-state index contributed by atoms with van der Waals surface area (Å²) < 4.78 is 0. The Labute approximate surface area is 146 Å². The lowest BCUT2D eigenvalue weighted by Gasteiger charge is -2.32. The molecule has 1 unspecified atom stereocenters. The Morgan fingerprint density at radius 2 is 1.72 bits per heavy atom. The van der Waals surface area contributed by atoms with Gasteiger partial charge in [-0.2, -0.15) is 5.26 Å². The third-order valence-electron chi connectivity index (χ3n) is 4.34. The molecule has 0 fully saturated rings. The average Bonchev–Trinajstić information content (AvgIpc) is 2.56. The molecule has 0 saturated carbocycles. The Morgan fingerprint density at radius 1 is 1.16 bits per heavy atom. The number of carbonyl (C=O) groups is 1. The highest BCUT2D eigenvalue weighted by atomic mass is 16.2. The van der Waals surface area contributed by atoms with E-state index < -0.39 is 10.9 Å². The van der Waals surface area contributed by atoms with Crippen molar-refractivity contribution in [1.29, 1.82) is 5.26 Å². The molecule has 0 saturated heterocycles. The molecule has 2 aromatic rings. The van der Waals surface area contributed by atoms with Crippen molar-refractivity contribution in [3.05, 3.63) is 50.3 Å². The summed E-state index contributed by atoms with van der Waals surface area (Å²) in [6.45, 7) is 9.28. The highest BCUT2D eigenvalue weighted by Gasteiger charge is 2.32. The van der Waals surface area contributed by atoms with Crippen molar-refractivity contribution >= 4 is 23.0 Å². The van der Waals surface area contributed by atoms with Crippen LogP contribution in [0.2, 0.25) is 0 Å². The number of nitriles is 1. The molecule has 0 bridgehead atoms. The van der Waals surface area contributed by atoms with Gasteiger partial charge in [-0.15, -0.1) is 0 Å². The molecule has 0 spiro atoms. The van der Waals surface area contributed by atoms with Crippen molar-refractivity contribution in [1.82, 2.24) is 0 Å². The van der Waals surface area contributed by atoms with Gasteiger partial charge in [0.15, 0.2) is 0 Å². The first kappa shape index (κ1) is 18.4. The Balaban J connectivity index is 2.48.